The average molecular weight is 465 g/mol. The largest absolute Gasteiger partial charge is 0.494 e. The van der Waals surface area contributed by atoms with Gasteiger partial charge >= 0.3 is 11.9 Å². The first kappa shape index (κ1) is 25.5. The van der Waals surface area contributed by atoms with E-state index in [1.807, 2.05) is 12.1 Å². The second-order valence-corrected chi connectivity index (χ2v) is 9.07. The number of hydrogen-bond donors (Lipinski definition) is 0. The van der Waals surface area contributed by atoms with Gasteiger partial charge in [0.1, 0.15) is 11.5 Å². The van der Waals surface area contributed by atoms with E-state index in [1.165, 1.54) is 37.3 Å². The second-order valence-electron chi connectivity index (χ2n) is 9.07. The molecule has 5 heteroatoms. The number of rotatable bonds is 12. The molecule has 2 aromatic rings. The van der Waals surface area contributed by atoms with Crippen molar-refractivity contribution < 1.29 is 23.8 Å². The molecular formula is C29H36O5. The average Bonchev–Trinajstić information content (AvgIpc) is 2.86. The van der Waals surface area contributed by atoms with Crippen LogP contribution in [0.15, 0.2) is 61.2 Å². The van der Waals surface area contributed by atoms with Crippen molar-refractivity contribution in [2.75, 3.05) is 13.2 Å². The molecule has 1 fully saturated rings. The maximum atomic E-state index is 12.5. The molecule has 0 unspecified atom stereocenters. The SMILES string of the molecule is C=CC(=O)OCCCCCCOc1ccc(C(=O)Oc2ccc(C3CCC(C)CC3)cc2)cc1. The lowest BCUT2D eigenvalue weighted by molar-refractivity contribution is -0.137. The first-order valence-electron chi connectivity index (χ1n) is 12.4. The summed E-state index contributed by atoms with van der Waals surface area (Å²) < 4.78 is 16.2. The number of unbranched alkanes of at least 4 members (excludes halogenated alkanes) is 3. The number of benzene rings is 2. The van der Waals surface area contributed by atoms with E-state index in [0.29, 0.717) is 30.4 Å². The molecule has 0 saturated heterocycles. The summed E-state index contributed by atoms with van der Waals surface area (Å²) >= 11 is 0. The van der Waals surface area contributed by atoms with E-state index in [-0.39, 0.29) is 11.9 Å². The molecule has 2 aromatic carbocycles. The lowest BCUT2D eigenvalue weighted by Gasteiger charge is -2.26. The highest BCUT2D eigenvalue weighted by molar-refractivity contribution is 5.91. The van der Waals surface area contributed by atoms with Crippen molar-refractivity contribution in [1.29, 1.82) is 0 Å². The fraction of sp³-hybridized carbons (Fsp3) is 0.448. The smallest absolute Gasteiger partial charge is 0.343 e. The van der Waals surface area contributed by atoms with Gasteiger partial charge in [-0.25, -0.2) is 9.59 Å². The van der Waals surface area contributed by atoms with Crippen molar-refractivity contribution in [3.05, 3.63) is 72.3 Å². The molecule has 0 heterocycles. The molecule has 0 amide bonds. The summed E-state index contributed by atoms with van der Waals surface area (Å²) in [6.45, 7) is 6.72. The van der Waals surface area contributed by atoms with Crippen LogP contribution in [0, 0.1) is 5.92 Å². The molecule has 0 atom stereocenters. The van der Waals surface area contributed by atoms with Gasteiger partial charge in [0.15, 0.2) is 0 Å². The lowest BCUT2D eigenvalue weighted by atomic mass is 9.79. The zero-order chi connectivity index (χ0) is 24.2. The van der Waals surface area contributed by atoms with Crippen molar-refractivity contribution >= 4 is 11.9 Å². The van der Waals surface area contributed by atoms with Crippen molar-refractivity contribution in [1.82, 2.24) is 0 Å². The van der Waals surface area contributed by atoms with Crippen LogP contribution in [0.5, 0.6) is 11.5 Å². The molecule has 34 heavy (non-hydrogen) atoms. The Balaban J connectivity index is 1.35. The Morgan fingerprint density at radius 2 is 1.47 bits per heavy atom. The van der Waals surface area contributed by atoms with Crippen molar-refractivity contribution in [2.24, 2.45) is 5.92 Å². The number of ether oxygens (including phenoxy) is 3. The molecule has 1 aliphatic rings. The van der Waals surface area contributed by atoms with Gasteiger partial charge in [-0.05, 0) is 92.3 Å². The Labute approximate surface area is 203 Å². The van der Waals surface area contributed by atoms with Gasteiger partial charge in [0.05, 0.1) is 18.8 Å². The van der Waals surface area contributed by atoms with Crippen LogP contribution in [-0.2, 0) is 9.53 Å². The van der Waals surface area contributed by atoms with Crippen LogP contribution in [0.1, 0.15) is 80.1 Å². The Morgan fingerprint density at radius 1 is 0.853 bits per heavy atom. The van der Waals surface area contributed by atoms with Gasteiger partial charge in [-0.2, -0.15) is 0 Å². The summed E-state index contributed by atoms with van der Waals surface area (Å²) in [6.07, 6.45) is 9.94. The Morgan fingerprint density at radius 3 is 2.12 bits per heavy atom. The summed E-state index contributed by atoms with van der Waals surface area (Å²) in [7, 11) is 0. The fourth-order valence-electron chi connectivity index (χ4n) is 4.23. The van der Waals surface area contributed by atoms with Gasteiger partial charge in [0.25, 0.3) is 0 Å². The molecule has 0 aromatic heterocycles. The van der Waals surface area contributed by atoms with Crippen LogP contribution in [0.25, 0.3) is 0 Å². The predicted molar refractivity (Wildman–Crippen MR) is 133 cm³/mol. The minimum Gasteiger partial charge on any atom is -0.494 e. The second kappa shape index (κ2) is 13.6. The highest BCUT2D eigenvalue weighted by Gasteiger charge is 2.19. The zero-order valence-electron chi connectivity index (χ0n) is 20.2. The van der Waals surface area contributed by atoms with E-state index in [0.717, 1.165) is 37.4 Å². The van der Waals surface area contributed by atoms with E-state index in [1.54, 1.807) is 24.3 Å². The van der Waals surface area contributed by atoms with Crippen LogP contribution in [0.2, 0.25) is 0 Å². The maximum absolute atomic E-state index is 12.5. The number of carbonyl (C=O) groups is 2. The third-order valence-corrected chi connectivity index (χ3v) is 6.39. The van der Waals surface area contributed by atoms with Crippen LogP contribution in [-0.4, -0.2) is 25.2 Å². The standard InChI is InChI=1S/C29H36O5/c1-3-28(30)33-21-7-5-4-6-20-32-26-16-14-25(15-17-26)29(31)34-27-18-12-24(13-19-27)23-10-8-22(2)9-11-23/h3,12-19,22-23H,1,4-11,20-21H2,2H3. The third kappa shape index (κ3) is 8.36. The Bertz CT molecular complexity index is 909. The minimum atomic E-state index is -0.377. The molecule has 0 bridgehead atoms. The van der Waals surface area contributed by atoms with Gasteiger partial charge in [-0.15, -0.1) is 0 Å². The van der Waals surface area contributed by atoms with Gasteiger partial charge < -0.3 is 14.2 Å². The fourth-order valence-corrected chi connectivity index (χ4v) is 4.23. The number of esters is 2. The molecule has 0 radical (unpaired) electrons. The summed E-state index contributed by atoms with van der Waals surface area (Å²) in [4.78, 5) is 23.4. The molecule has 0 aliphatic heterocycles. The van der Waals surface area contributed by atoms with E-state index < -0.39 is 0 Å². The first-order chi connectivity index (χ1) is 16.5. The minimum absolute atomic E-state index is 0.372. The van der Waals surface area contributed by atoms with Crippen molar-refractivity contribution in [3.8, 4) is 11.5 Å². The number of hydrogen-bond acceptors (Lipinski definition) is 5. The zero-order valence-corrected chi connectivity index (χ0v) is 20.2. The van der Waals surface area contributed by atoms with Crippen LogP contribution >= 0.6 is 0 Å². The topological polar surface area (TPSA) is 61.8 Å². The lowest BCUT2D eigenvalue weighted by Crippen LogP contribution is -2.11. The highest BCUT2D eigenvalue weighted by Crippen LogP contribution is 2.36. The quantitative estimate of drug-likeness (QED) is 0.148. The molecule has 1 aliphatic carbocycles. The summed E-state index contributed by atoms with van der Waals surface area (Å²) in [5.41, 5.74) is 1.83. The number of carbonyl (C=O) groups excluding carboxylic acids is 2. The van der Waals surface area contributed by atoms with E-state index in [2.05, 4.69) is 25.6 Å². The summed E-state index contributed by atoms with van der Waals surface area (Å²) in [5.74, 6) is 2.00. The van der Waals surface area contributed by atoms with Crippen LogP contribution in [0.4, 0.5) is 0 Å². The van der Waals surface area contributed by atoms with Crippen molar-refractivity contribution in [3.63, 3.8) is 0 Å². The van der Waals surface area contributed by atoms with E-state index in [9.17, 15) is 9.59 Å². The first-order valence-corrected chi connectivity index (χ1v) is 12.4. The maximum Gasteiger partial charge on any atom is 0.343 e. The van der Waals surface area contributed by atoms with E-state index in [4.69, 9.17) is 14.2 Å². The van der Waals surface area contributed by atoms with Gasteiger partial charge in [-0.1, -0.05) is 38.5 Å². The third-order valence-electron chi connectivity index (χ3n) is 6.39. The molecular weight excluding hydrogens is 428 g/mol. The molecule has 5 nitrogen and oxygen atoms in total. The summed E-state index contributed by atoms with van der Waals surface area (Å²) in [5, 5.41) is 0. The molecule has 182 valence electrons. The monoisotopic (exact) mass is 464 g/mol. The predicted octanol–water partition coefficient (Wildman–Crippen LogP) is 6.87. The molecule has 0 spiro atoms. The Hall–Kier alpha value is -3.08. The molecule has 3 rings (SSSR count). The summed E-state index contributed by atoms with van der Waals surface area (Å²) in [6, 6.07) is 15.0. The normalized spacial score (nSPS) is 17.6. The van der Waals surface area contributed by atoms with Crippen molar-refractivity contribution in [2.45, 2.75) is 64.2 Å². The highest BCUT2D eigenvalue weighted by atomic mass is 16.5. The Kier molecular flexibility index (Phi) is 10.2. The van der Waals surface area contributed by atoms with Gasteiger partial charge in [0.2, 0.25) is 0 Å². The van der Waals surface area contributed by atoms with E-state index >= 15 is 0 Å². The molecule has 0 N–H and O–H groups in total. The molecule has 1 saturated carbocycles. The van der Waals surface area contributed by atoms with Crippen LogP contribution < -0.4 is 9.47 Å². The van der Waals surface area contributed by atoms with Crippen LogP contribution in [0.3, 0.4) is 0 Å². The van der Waals surface area contributed by atoms with Gasteiger partial charge in [-0.3, -0.25) is 0 Å². The van der Waals surface area contributed by atoms with Gasteiger partial charge in [0, 0.05) is 6.08 Å².